The highest BCUT2D eigenvalue weighted by atomic mass is 35.5. The van der Waals surface area contributed by atoms with Crippen LogP contribution in [0.15, 0.2) is 35.4 Å². The van der Waals surface area contributed by atoms with Crippen LogP contribution < -0.4 is 4.90 Å². The number of benzene rings is 1. The maximum atomic E-state index is 6.46. The first kappa shape index (κ1) is 15.7. The molecule has 0 atom stereocenters. The zero-order chi connectivity index (χ0) is 16.5. The summed E-state index contributed by atoms with van der Waals surface area (Å²) in [7, 11) is 0. The van der Waals surface area contributed by atoms with Crippen molar-refractivity contribution in [3.63, 3.8) is 0 Å². The van der Waals surface area contributed by atoms with Crippen LogP contribution in [0.2, 0.25) is 5.15 Å². The van der Waals surface area contributed by atoms with E-state index in [0.717, 1.165) is 40.3 Å². The number of ether oxygens (including phenoxy) is 1. The van der Waals surface area contributed by atoms with Gasteiger partial charge >= 0.3 is 0 Å². The highest BCUT2D eigenvalue weighted by Crippen LogP contribution is 2.35. The van der Waals surface area contributed by atoms with Crippen LogP contribution in [0.3, 0.4) is 0 Å². The lowest BCUT2D eigenvalue weighted by atomic mass is 10.1. The lowest BCUT2D eigenvalue weighted by Crippen LogP contribution is -2.37. The highest BCUT2D eigenvalue weighted by molar-refractivity contribution is 7.98. The normalized spacial score (nSPS) is 15.2. The van der Waals surface area contributed by atoms with Crippen molar-refractivity contribution in [1.29, 1.82) is 0 Å². The molecule has 1 aromatic carbocycles. The molecule has 3 aromatic rings. The van der Waals surface area contributed by atoms with E-state index in [9.17, 15) is 0 Å². The zero-order valence-electron chi connectivity index (χ0n) is 13.3. The number of H-pyrrole nitrogens is 1. The Morgan fingerprint density at radius 1 is 1.21 bits per heavy atom. The first-order valence-electron chi connectivity index (χ1n) is 7.78. The van der Waals surface area contributed by atoms with Crippen LogP contribution in [0.1, 0.15) is 0 Å². The molecule has 0 bridgehead atoms. The summed E-state index contributed by atoms with van der Waals surface area (Å²) in [5.74, 6) is 1.55. The Kier molecular flexibility index (Phi) is 4.35. The molecule has 0 amide bonds. The fourth-order valence-corrected chi connectivity index (χ4v) is 3.87. The lowest BCUT2D eigenvalue weighted by Gasteiger charge is -2.29. The first-order chi connectivity index (χ1) is 11.8. The van der Waals surface area contributed by atoms with Crippen molar-refractivity contribution in [2.75, 3.05) is 37.5 Å². The van der Waals surface area contributed by atoms with Crippen LogP contribution >= 0.6 is 23.4 Å². The monoisotopic (exact) mass is 360 g/mol. The molecule has 7 heteroatoms. The van der Waals surface area contributed by atoms with Gasteiger partial charge in [-0.05, 0) is 30.5 Å². The van der Waals surface area contributed by atoms with Gasteiger partial charge in [0.25, 0.3) is 0 Å². The van der Waals surface area contributed by atoms with Gasteiger partial charge in [-0.25, -0.2) is 9.97 Å². The number of nitrogens with zero attached hydrogens (tertiary/aromatic N) is 3. The van der Waals surface area contributed by atoms with E-state index in [1.165, 1.54) is 0 Å². The Hall–Kier alpha value is -1.76. The van der Waals surface area contributed by atoms with Crippen LogP contribution in [0, 0.1) is 0 Å². The average Bonchev–Trinajstić information content (AvgIpc) is 3.09. The SMILES string of the molecule is CSc1c(Cl)nc(-c2ccc3[nH]ccc3c2)nc1N1CCOCC1. The maximum Gasteiger partial charge on any atom is 0.163 e. The number of morpholine rings is 1. The minimum absolute atomic E-state index is 0.503. The Balaban J connectivity index is 1.81. The second-order valence-electron chi connectivity index (χ2n) is 5.57. The predicted octanol–water partition coefficient (Wildman–Crippen LogP) is 3.84. The van der Waals surface area contributed by atoms with E-state index in [2.05, 4.69) is 20.9 Å². The van der Waals surface area contributed by atoms with Crippen LogP contribution in [-0.4, -0.2) is 47.5 Å². The van der Waals surface area contributed by atoms with Crippen molar-refractivity contribution >= 4 is 40.1 Å². The minimum atomic E-state index is 0.503. The summed E-state index contributed by atoms with van der Waals surface area (Å²) in [6, 6.07) is 8.18. The van der Waals surface area contributed by atoms with Crippen molar-refractivity contribution in [1.82, 2.24) is 15.0 Å². The summed E-state index contributed by atoms with van der Waals surface area (Å²) in [6.45, 7) is 3.05. The third kappa shape index (κ3) is 2.85. The van der Waals surface area contributed by atoms with Crippen LogP contribution in [0.5, 0.6) is 0 Å². The fourth-order valence-electron chi connectivity index (χ4n) is 2.90. The number of fused-ring (bicyclic) bond motifs is 1. The third-order valence-electron chi connectivity index (χ3n) is 4.13. The number of halogens is 1. The number of nitrogens with one attached hydrogen (secondary N) is 1. The second-order valence-corrected chi connectivity index (χ2v) is 6.75. The number of aromatic amines is 1. The van der Waals surface area contributed by atoms with Crippen LogP contribution in [-0.2, 0) is 4.74 Å². The van der Waals surface area contributed by atoms with Gasteiger partial charge in [0.05, 0.1) is 18.1 Å². The van der Waals surface area contributed by atoms with E-state index in [0.29, 0.717) is 24.2 Å². The minimum Gasteiger partial charge on any atom is -0.378 e. The molecule has 0 aliphatic carbocycles. The number of rotatable bonds is 3. The van der Waals surface area contributed by atoms with Gasteiger partial charge in [-0.15, -0.1) is 11.8 Å². The number of anilines is 1. The Morgan fingerprint density at radius 2 is 2.04 bits per heavy atom. The third-order valence-corrected chi connectivity index (χ3v) is 5.30. The summed E-state index contributed by atoms with van der Waals surface area (Å²) in [5, 5.41) is 1.64. The summed E-state index contributed by atoms with van der Waals surface area (Å²) < 4.78 is 5.45. The van der Waals surface area contributed by atoms with Gasteiger partial charge in [0.2, 0.25) is 0 Å². The molecule has 0 unspecified atom stereocenters. The molecular formula is C17H17ClN4OS. The van der Waals surface area contributed by atoms with E-state index in [1.807, 2.05) is 30.7 Å². The molecule has 24 heavy (non-hydrogen) atoms. The lowest BCUT2D eigenvalue weighted by molar-refractivity contribution is 0.122. The van der Waals surface area contributed by atoms with Gasteiger partial charge in [0.15, 0.2) is 5.82 Å². The molecule has 1 saturated heterocycles. The van der Waals surface area contributed by atoms with Crippen molar-refractivity contribution in [3.05, 3.63) is 35.6 Å². The first-order valence-corrected chi connectivity index (χ1v) is 9.38. The van der Waals surface area contributed by atoms with Crippen LogP contribution in [0.4, 0.5) is 5.82 Å². The van der Waals surface area contributed by atoms with E-state index in [1.54, 1.807) is 11.8 Å². The quantitative estimate of drug-likeness (QED) is 0.568. The zero-order valence-corrected chi connectivity index (χ0v) is 14.8. The van der Waals surface area contributed by atoms with E-state index < -0.39 is 0 Å². The van der Waals surface area contributed by atoms with Crippen LogP contribution in [0.25, 0.3) is 22.3 Å². The molecule has 2 aromatic heterocycles. The summed E-state index contributed by atoms with van der Waals surface area (Å²) in [4.78, 5) is 15.7. The maximum absolute atomic E-state index is 6.46. The standard InChI is InChI=1S/C17H17ClN4OS/c1-24-14-15(18)20-16(21-17(14)22-6-8-23-9-7-22)12-2-3-13-11(10-12)4-5-19-13/h2-5,10,19H,6-9H2,1H3. The van der Waals surface area contributed by atoms with Crippen molar-refractivity contribution in [2.45, 2.75) is 4.90 Å². The van der Waals surface area contributed by atoms with Gasteiger partial charge in [0, 0.05) is 35.8 Å². The van der Waals surface area contributed by atoms with Crippen molar-refractivity contribution < 1.29 is 4.74 Å². The molecule has 5 nitrogen and oxygen atoms in total. The molecule has 3 heterocycles. The van der Waals surface area contributed by atoms with Gasteiger partial charge in [0.1, 0.15) is 11.0 Å². The molecule has 124 valence electrons. The molecular weight excluding hydrogens is 344 g/mol. The van der Waals surface area contributed by atoms with Crippen molar-refractivity contribution in [3.8, 4) is 11.4 Å². The van der Waals surface area contributed by atoms with E-state index in [-0.39, 0.29) is 0 Å². The van der Waals surface area contributed by atoms with Gasteiger partial charge in [-0.3, -0.25) is 0 Å². The Morgan fingerprint density at radius 3 is 2.83 bits per heavy atom. The number of thioether (sulfide) groups is 1. The molecule has 0 spiro atoms. The molecule has 1 fully saturated rings. The number of aromatic nitrogens is 3. The van der Waals surface area contributed by atoms with E-state index >= 15 is 0 Å². The average molecular weight is 361 g/mol. The second kappa shape index (κ2) is 6.63. The molecule has 1 N–H and O–H groups in total. The molecule has 1 aliphatic heterocycles. The van der Waals surface area contributed by atoms with Crippen molar-refractivity contribution in [2.24, 2.45) is 0 Å². The molecule has 0 radical (unpaired) electrons. The number of hydrogen-bond acceptors (Lipinski definition) is 5. The Bertz CT molecular complexity index is 876. The molecule has 4 rings (SSSR count). The largest absolute Gasteiger partial charge is 0.378 e. The number of hydrogen-bond donors (Lipinski definition) is 1. The molecule has 0 saturated carbocycles. The van der Waals surface area contributed by atoms with E-state index in [4.69, 9.17) is 21.3 Å². The Labute approximate surface area is 149 Å². The summed E-state index contributed by atoms with van der Waals surface area (Å²) in [5.41, 5.74) is 2.06. The summed E-state index contributed by atoms with van der Waals surface area (Å²) in [6.07, 6.45) is 3.93. The highest BCUT2D eigenvalue weighted by Gasteiger charge is 2.21. The van der Waals surface area contributed by atoms with Gasteiger partial charge in [-0.2, -0.15) is 0 Å². The predicted molar refractivity (Wildman–Crippen MR) is 99.1 cm³/mol. The summed E-state index contributed by atoms with van der Waals surface area (Å²) >= 11 is 8.04. The van der Waals surface area contributed by atoms with Gasteiger partial charge in [-0.1, -0.05) is 11.6 Å². The fraction of sp³-hybridized carbons (Fsp3) is 0.294. The topological polar surface area (TPSA) is 54.0 Å². The smallest absolute Gasteiger partial charge is 0.163 e. The van der Waals surface area contributed by atoms with Gasteiger partial charge < -0.3 is 14.6 Å². The molecule has 1 aliphatic rings.